The van der Waals surface area contributed by atoms with E-state index in [0.717, 1.165) is 39.1 Å². The number of ether oxygens (including phenoxy) is 4. The zero-order chi connectivity index (χ0) is 28.6. The molecule has 212 valence electrons. The first-order valence-electron chi connectivity index (χ1n) is 13.8. The van der Waals surface area contributed by atoms with E-state index in [-0.39, 0.29) is 24.1 Å². The third-order valence-electron chi connectivity index (χ3n) is 7.82. The Balaban J connectivity index is 1.37. The molecule has 0 amide bonds. The Labute approximate surface area is 235 Å². The molecule has 1 heterocycles. The molecule has 5 rings (SSSR count). The Bertz CT molecular complexity index is 1400. The smallest absolute Gasteiger partial charge is 0.306 e. The molecule has 2 aliphatic rings. The van der Waals surface area contributed by atoms with Gasteiger partial charge in [-0.25, -0.2) is 4.39 Å². The van der Waals surface area contributed by atoms with E-state index in [0.29, 0.717) is 49.5 Å². The molecule has 6 nitrogen and oxygen atoms in total. The van der Waals surface area contributed by atoms with Crippen molar-refractivity contribution in [2.45, 2.75) is 71.0 Å². The highest BCUT2D eigenvalue weighted by atomic mass is 19.1. The number of rotatable bonds is 9. The lowest BCUT2D eigenvalue weighted by molar-refractivity contribution is -0.141. The number of aryl methyl sites for hydroxylation is 2. The van der Waals surface area contributed by atoms with Crippen molar-refractivity contribution in [2.75, 3.05) is 20.3 Å². The highest BCUT2D eigenvalue weighted by Gasteiger charge is 2.32. The summed E-state index contributed by atoms with van der Waals surface area (Å²) in [5, 5.41) is 9.97. The molecule has 0 aromatic heterocycles. The molecule has 0 spiro atoms. The summed E-state index contributed by atoms with van der Waals surface area (Å²) >= 11 is 0. The standard InChI is InChI=1S/C33H37FO6/c1-19-14-23(38-13-12-33(3,4)36)15-20(2)31(19)25-8-10-27(34)32-26(25)9-11-28(32)40-22-6-7-24-21(16-30(35)37-5)18-39-29(24)17-22/h6-8,10,14-15,17,21,28,36H,9,11-13,16,18H2,1-5H3/t21?,28-/m1/s1. The second-order valence-corrected chi connectivity index (χ2v) is 11.5. The van der Waals surface area contributed by atoms with E-state index in [1.807, 2.05) is 50.2 Å². The lowest BCUT2D eigenvalue weighted by atomic mass is 9.90. The molecule has 0 bridgehead atoms. The third-order valence-corrected chi connectivity index (χ3v) is 7.82. The average molecular weight is 549 g/mol. The highest BCUT2D eigenvalue weighted by molar-refractivity contribution is 5.76. The van der Waals surface area contributed by atoms with Crippen LogP contribution in [-0.2, 0) is 16.0 Å². The van der Waals surface area contributed by atoms with Gasteiger partial charge in [-0.3, -0.25) is 4.79 Å². The zero-order valence-electron chi connectivity index (χ0n) is 23.8. The number of benzene rings is 3. The quantitative estimate of drug-likeness (QED) is 0.298. The maximum Gasteiger partial charge on any atom is 0.306 e. The van der Waals surface area contributed by atoms with E-state index in [1.165, 1.54) is 13.2 Å². The minimum Gasteiger partial charge on any atom is -0.493 e. The maximum atomic E-state index is 15.3. The largest absolute Gasteiger partial charge is 0.493 e. The molecular formula is C33H37FO6. The molecule has 1 aliphatic carbocycles. The van der Waals surface area contributed by atoms with Crippen molar-refractivity contribution in [3.05, 3.63) is 76.1 Å². The van der Waals surface area contributed by atoms with Crippen molar-refractivity contribution >= 4 is 5.97 Å². The van der Waals surface area contributed by atoms with Crippen molar-refractivity contribution in [3.8, 4) is 28.4 Å². The van der Waals surface area contributed by atoms with Crippen LogP contribution in [0.2, 0.25) is 0 Å². The summed E-state index contributed by atoms with van der Waals surface area (Å²) in [5.74, 6) is 1.48. The molecule has 1 N–H and O–H groups in total. The van der Waals surface area contributed by atoms with Gasteiger partial charge in [0.25, 0.3) is 0 Å². The van der Waals surface area contributed by atoms with Crippen molar-refractivity contribution < 1.29 is 33.2 Å². The lowest BCUT2D eigenvalue weighted by Crippen LogP contribution is -2.21. The number of methoxy groups -OCH3 is 1. The monoisotopic (exact) mass is 548 g/mol. The maximum absolute atomic E-state index is 15.3. The molecule has 3 aromatic rings. The van der Waals surface area contributed by atoms with Crippen LogP contribution >= 0.6 is 0 Å². The number of fused-ring (bicyclic) bond motifs is 2. The fraction of sp³-hybridized carbons (Fsp3) is 0.424. The summed E-state index contributed by atoms with van der Waals surface area (Å²) in [6, 6.07) is 13.0. The number of aliphatic hydroxyl groups is 1. The van der Waals surface area contributed by atoms with E-state index in [4.69, 9.17) is 18.9 Å². The average Bonchev–Trinajstić information content (AvgIpc) is 3.49. The minimum atomic E-state index is -0.781. The topological polar surface area (TPSA) is 74.2 Å². The van der Waals surface area contributed by atoms with Crippen LogP contribution in [-0.4, -0.2) is 37.0 Å². The highest BCUT2D eigenvalue weighted by Crippen LogP contribution is 2.45. The summed E-state index contributed by atoms with van der Waals surface area (Å²) < 4.78 is 38.2. The van der Waals surface area contributed by atoms with E-state index in [1.54, 1.807) is 13.8 Å². The van der Waals surface area contributed by atoms with Crippen LogP contribution < -0.4 is 14.2 Å². The number of carbonyl (C=O) groups excluding carboxylic acids is 1. The van der Waals surface area contributed by atoms with Gasteiger partial charge in [-0.2, -0.15) is 0 Å². The predicted octanol–water partition coefficient (Wildman–Crippen LogP) is 6.75. The fourth-order valence-corrected chi connectivity index (χ4v) is 5.82. The van der Waals surface area contributed by atoms with Gasteiger partial charge in [0.15, 0.2) is 0 Å². The molecule has 0 radical (unpaired) electrons. The Morgan fingerprint density at radius 2 is 1.85 bits per heavy atom. The predicted molar refractivity (Wildman–Crippen MR) is 151 cm³/mol. The minimum absolute atomic E-state index is 0.0477. The lowest BCUT2D eigenvalue weighted by Gasteiger charge is -2.20. The van der Waals surface area contributed by atoms with Crippen molar-refractivity contribution in [3.63, 3.8) is 0 Å². The van der Waals surface area contributed by atoms with Crippen molar-refractivity contribution in [2.24, 2.45) is 0 Å². The van der Waals surface area contributed by atoms with Crippen LogP contribution in [0.25, 0.3) is 11.1 Å². The van der Waals surface area contributed by atoms with E-state index < -0.39 is 11.7 Å². The Hall–Kier alpha value is -3.58. The normalized spacial score (nSPS) is 17.7. The van der Waals surface area contributed by atoms with E-state index in [9.17, 15) is 9.90 Å². The molecule has 40 heavy (non-hydrogen) atoms. The number of hydrogen-bond donors (Lipinski definition) is 1. The number of carbonyl (C=O) groups is 1. The second kappa shape index (κ2) is 11.1. The Morgan fingerprint density at radius 3 is 2.55 bits per heavy atom. The van der Waals surface area contributed by atoms with Gasteiger partial charge in [0, 0.05) is 29.5 Å². The number of hydrogen-bond acceptors (Lipinski definition) is 6. The van der Waals surface area contributed by atoms with Crippen LogP contribution in [0.3, 0.4) is 0 Å². The zero-order valence-corrected chi connectivity index (χ0v) is 23.8. The van der Waals surface area contributed by atoms with Gasteiger partial charge in [0.2, 0.25) is 0 Å². The van der Waals surface area contributed by atoms with Gasteiger partial charge in [0.1, 0.15) is 29.2 Å². The van der Waals surface area contributed by atoms with Crippen LogP contribution in [0.1, 0.15) is 72.9 Å². The molecule has 1 unspecified atom stereocenters. The molecule has 0 saturated heterocycles. The molecule has 2 atom stereocenters. The van der Waals surface area contributed by atoms with Crippen LogP contribution in [0.15, 0.2) is 42.5 Å². The molecule has 7 heteroatoms. The first-order valence-corrected chi connectivity index (χ1v) is 13.8. The number of halogens is 1. The van der Waals surface area contributed by atoms with Crippen LogP contribution in [0, 0.1) is 19.7 Å². The molecule has 1 aliphatic heterocycles. The van der Waals surface area contributed by atoms with E-state index in [2.05, 4.69) is 0 Å². The first kappa shape index (κ1) is 28.0. The van der Waals surface area contributed by atoms with Gasteiger partial charge in [-0.15, -0.1) is 0 Å². The summed E-state index contributed by atoms with van der Waals surface area (Å²) in [4.78, 5) is 11.7. The molecule has 3 aromatic carbocycles. The summed E-state index contributed by atoms with van der Waals surface area (Å²) in [6.45, 7) is 8.46. The molecule has 0 saturated carbocycles. The third kappa shape index (κ3) is 5.80. The van der Waals surface area contributed by atoms with Gasteiger partial charge < -0.3 is 24.1 Å². The summed E-state index contributed by atoms with van der Waals surface area (Å²) in [7, 11) is 1.38. The van der Waals surface area contributed by atoms with Gasteiger partial charge in [0.05, 0.1) is 32.3 Å². The first-order chi connectivity index (χ1) is 19.0. The summed E-state index contributed by atoms with van der Waals surface area (Å²) in [5.41, 5.74) is 5.95. The Morgan fingerprint density at radius 1 is 1.10 bits per heavy atom. The van der Waals surface area contributed by atoms with Crippen LogP contribution in [0.5, 0.6) is 17.2 Å². The number of esters is 1. The van der Waals surface area contributed by atoms with E-state index >= 15 is 4.39 Å². The fourth-order valence-electron chi connectivity index (χ4n) is 5.82. The molecular weight excluding hydrogens is 511 g/mol. The Kier molecular flexibility index (Phi) is 7.78. The van der Waals surface area contributed by atoms with Gasteiger partial charge in [-0.05, 0) is 92.6 Å². The van der Waals surface area contributed by atoms with Crippen molar-refractivity contribution in [1.82, 2.24) is 0 Å². The van der Waals surface area contributed by atoms with Gasteiger partial charge in [-0.1, -0.05) is 12.1 Å². The van der Waals surface area contributed by atoms with Crippen molar-refractivity contribution in [1.29, 1.82) is 0 Å². The summed E-state index contributed by atoms with van der Waals surface area (Å²) in [6.07, 6.45) is 1.76. The van der Waals surface area contributed by atoms with Gasteiger partial charge >= 0.3 is 5.97 Å². The molecule has 0 fully saturated rings. The second-order valence-electron chi connectivity index (χ2n) is 11.5. The SMILES string of the molecule is COC(=O)CC1COc2cc(O[C@@H]3CCc4c(-c5c(C)cc(OCCC(C)(C)O)cc5C)ccc(F)c43)ccc21. The van der Waals surface area contributed by atoms with Crippen LogP contribution in [0.4, 0.5) is 4.39 Å².